The molecule has 0 saturated carbocycles. The molecule has 0 bridgehead atoms. The van der Waals surface area contributed by atoms with Gasteiger partial charge in [0.2, 0.25) is 0 Å². The van der Waals surface area contributed by atoms with Gasteiger partial charge in [0.05, 0.1) is 0 Å². The van der Waals surface area contributed by atoms with Crippen molar-refractivity contribution in [3.05, 3.63) is 29.8 Å². The lowest BCUT2D eigenvalue weighted by atomic mass is 10.00. The number of anilines is 1. The predicted octanol–water partition coefficient (Wildman–Crippen LogP) is 1.98. The van der Waals surface area contributed by atoms with Crippen LogP contribution in [0.4, 0.5) is 5.69 Å². The van der Waals surface area contributed by atoms with Gasteiger partial charge in [0, 0.05) is 18.8 Å². The SMILES string of the molecule is Cl.NCc1ccc(NCC2CCCNC2)cc1. The van der Waals surface area contributed by atoms with Gasteiger partial charge < -0.3 is 16.4 Å². The van der Waals surface area contributed by atoms with Crippen LogP contribution in [-0.2, 0) is 6.54 Å². The fraction of sp³-hybridized carbons (Fsp3) is 0.538. The van der Waals surface area contributed by atoms with E-state index >= 15 is 0 Å². The van der Waals surface area contributed by atoms with E-state index in [9.17, 15) is 0 Å². The third kappa shape index (κ3) is 4.54. The van der Waals surface area contributed by atoms with Crippen LogP contribution in [0, 0.1) is 5.92 Å². The first-order valence-corrected chi connectivity index (χ1v) is 6.12. The zero-order valence-electron chi connectivity index (χ0n) is 10.1. The lowest BCUT2D eigenvalue weighted by Crippen LogP contribution is -2.33. The minimum atomic E-state index is 0. The van der Waals surface area contributed by atoms with Gasteiger partial charge in [0.15, 0.2) is 0 Å². The number of nitrogens with two attached hydrogens (primary N) is 1. The number of rotatable bonds is 4. The van der Waals surface area contributed by atoms with Crippen LogP contribution in [0.25, 0.3) is 0 Å². The zero-order valence-corrected chi connectivity index (χ0v) is 10.9. The van der Waals surface area contributed by atoms with Crippen molar-refractivity contribution >= 4 is 18.1 Å². The van der Waals surface area contributed by atoms with E-state index in [1.807, 2.05) is 0 Å². The Balaban J connectivity index is 0.00000144. The Morgan fingerprint density at radius 2 is 2.06 bits per heavy atom. The van der Waals surface area contributed by atoms with Crippen LogP contribution < -0.4 is 16.4 Å². The average Bonchev–Trinajstić information content (AvgIpc) is 2.38. The predicted molar refractivity (Wildman–Crippen MR) is 75.7 cm³/mol. The fourth-order valence-electron chi connectivity index (χ4n) is 2.12. The Morgan fingerprint density at radius 3 is 2.65 bits per heavy atom. The zero-order chi connectivity index (χ0) is 11.2. The smallest absolute Gasteiger partial charge is 0.0340 e. The maximum atomic E-state index is 5.56. The van der Waals surface area contributed by atoms with Gasteiger partial charge in [0.25, 0.3) is 0 Å². The summed E-state index contributed by atoms with van der Waals surface area (Å²) in [6.45, 7) is 4.01. The molecule has 0 radical (unpaired) electrons. The third-order valence-electron chi connectivity index (χ3n) is 3.18. The Hall–Kier alpha value is -0.770. The summed E-state index contributed by atoms with van der Waals surface area (Å²) in [7, 11) is 0. The van der Waals surface area contributed by atoms with Gasteiger partial charge >= 0.3 is 0 Å². The maximum Gasteiger partial charge on any atom is 0.0340 e. The summed E-state index contributed by atoms with van der Waals surface area (Å²) < 4.78 is 0. The molecule has 1 fully saturated rings. The van der Waals surface area contributed by atoms with Crippen molar-refractivity contribution < 1.29 is 0 Å². The summed E-state index contributed by atoms with van der Waals surface area (Å²) in [5.41, 5.74) is 7.94. The monoisotopic (exact) mass is 255 g/mol. The molecule has 2 rings (SSSR count). The highest BCUT2D eigenvalue weighted by Gasteiger charge is 2.11. The number of halogens is 1. The van der Waals surface area contributed by atoms with E-state index in [1.54, 1.807) is 0 Å². The van der Waals surface area contributed by atoms with E-state index in [2.05, 4.69) is 34.9 Å². The van der Waals surface area contributed by atoms with E-state index in [1.165, 1.54) is 30.6 Å². The molecular weight excluding hydrogens is 234 g/mol. The molecule has 0 spiro atoms. The molecule has 0 aliphatic carbocycles. The van der Waals surface area contributed by atoms with Gasteiger partial charge in [-0.2, -0.15) is 0 Å². The van der Waals surface area contributed by atoms with E-state index < -0.39 is 0 Å². The van der Waals surface area contributed by atoms with Crippen LogP contribution in [-0.4, -0.2) is 19.6 Å². The summed E-state index contributed by atoms with van der Waals surface area (Å²) >= 11 is 0. The number of hydrogen-bond donors (Lipinski definition) is 3. The molecule has 4 heteroatoms. The molecule has 17 heavy (non-hydrogen) atoms. The quantitative estimate of drug-likeness (QED) is 0.771. The van der Waals surface area contributed by atoms with Crippen molar-refractivity contribution in [2.75, 3.05) is 25.0 Å². The Kier molecular flexibility index (Phi) is 6.34. The van der Waals surface area contributed by atoms with Crippen LogP contribution in [0.1, 0.15) is 18.4 Å². The third-order valence-corrected chi connectivity index (χ3v) is 3.18. The average molecular weight is 256 g/mol. The lowest BCUT2D eigenvalue weighted by Gasteiger charge is -2.23. The Morgan fingerprint density at radius 1 is 1.29 bits per heavy atom. The van der Waals surface area contributed by atoms with Crippen LogP contribution in [0.3, 0.4) is 0 Å². The molecule has 1 aliphatic heterocycles. The van der Waals surface area contributed by atoms with Gasteiger partial charge in [-0.25, -0.2) is 0 Å². The molecule has 3 nitrogen and oxygen atoms in total. The summed E-state index contributed by atoms with van der Waals surface area (Å²) in [5.74, 6) is 0.767. The van der Waals surface area contributed by atoms with E-state index in [0.29, 0.717) is 6.54 Å². The normalized spacial score (nSPS) is 19.5. The summed E-state index contributed by atoms with van der Waals surface area (Å²) in [4.78, 5) is 0. The highest BCUT2D eigenvalue weighted by molar-refractivity contribution is 5.85. The largest absolute Gasteiger partial charge is 0.385 e. The molecule has 1 aromatic carbocycles. The molecule has 1 saturated heterocycles. The highest BCUT2D eigenvalue weighted by atomic mass is 35.5. The summed E-state index contributed by atoms with van der Waals surface area (Å²) in [6, 6.07) is 8.39. The van der Waals surface area contributed by atoms with Crippen molar-refractivity contribution in [3.63, 3.8) is 0 Å². The van der Waals surface area contributed by atoms with Crippen molar-refractivity contribution in [1.29, 1.82) is 0 Å². The van der Waals surface area contributed by atoms with Crippen molar-refractivity contribution in [1.82, 2.24) is 5.32 Å². The minimum Gasteiger partial charge on any atom is -0.385 e. The van der Waals surface area contributed by atoms with Crippen LogP contribution in [0.15, 0.2) is 24.3 Å². The second-order valence-corrected chi connectivity index (χ2v) is 4.49. The second-order valence-electron chi connectivity index (χ2n) is 4.49. The number of piperidine rings is 1. The van der Waals surface area contributed by atoms with Crippen molar-refractivity contribution in [2.45, 2.75) is 19.4 Å². The molecule has 0 aromatic heterocycles. The highest BCUT2D eigenvalue weighted by Crippen LogP contribution is 2.13. The van der Waals surface area contributed by atoms with Gasteiger partial charge in [0.1, 0.15) is 0 Å². The molecule has 1 unspecified atom stereocenters. The summed E-state index contributed by atoms with van der Waals surface area (Å²) in [5, 5.41) is 6.92. The molecule has 1 atom stereocenters. The molecule has 1 aromatic rings. The van der Waals surface area contributed by atoms with Crippen LogP contribution in [0.2, 0.25) is 0 Å². The number of hydrogen-bond acceptors (Lipinski definition) is 3. The maximum absolute atomic E-state index is 5.56. The van der Waals surface area contributed by atoms with Gasteiger partial charge in [-0.15, -0.1) is 12.4 Å². The molecule has 0 amide bonds. The topological polar surface area (TPSA) is 50.1 Å². The van der Waals surface area contributed by atoms with Crippen LogP contribution >= 0.6 is 12.4 Å². The molecule has 1 aliphatic rings. The van der Waals surface area contributed by atoms with E-state index in [0.717, 1.165) is 19.0 Å². The van der Waals surface area contributed by atoms with Gasteiger partial charge in [-0.1, -0.05) is 12.1 Å². The second kappa shape index (κ2) is 7.54. The molecule has 4 N–H and O–H groups in total. The van der Waals surface area contributed by atoms with Gasteiger partial charge in [-0.3, -0.25) is 0 Å². The first-order chi connectivity index (χ1) is 7.88. The van der Waals surface area contributed by atoms with Gasteiger partial charge in [-0.05, 0) is 49.5 Å². The standard InChI is InChI=1S/C13H21N3.ClH/c14-8-11-3-5-13(6-4-11)16-10-12-2-1-7-15-9-12;/h3-6,12,15-16H,1-2,7-10,14H2;1H. The Bertz CT molecular complexity index is 307. The number of nitrogens with one attached hydrogen (secondary N) is 2. The van der Waals surface area contributed by atoms with E-state index in [4.69, 9.17) is 5.73 Å². The first kappa shape index (κ1) is 14.3. The molecule has 96 valence electrons. The van der Waals surface area contributed by atoms with E-state index in [-0.39, 0.29) is 12.4 Å². The lowest BCUT2D eigenvalue weighted by molar-refractivity contribution is 0.393. The number of benzene rings is 1. The first-order valence-electron chi connectivity index (χ1n) is 6.12. The Labute approximate surface area is 110 Å². The van der Waals surface area contributed by atoms with Crippen molar-refractivity contribution in [3.8, 4) is 0 Å². The van der Waals surface area contributed by atoms with Crippen LogP contribution in [0.5, 0.6) is 0 Å². The molecule has 1 heterocycles. The summed E-state index contributed by atoms with van der Waals surface area (Å²) in [6.07, 6.45) is 2.64. The minimum absolute atomic E-state index is 0. The van der Waals surface area contributed by atoms with Crippen molar-refractivity contribution in [2.24, 2.45) is 11.7 Å². The molecular formula is C13H22ClN3. The fourth-order valence-corrected chi connectivity index (χ4v) is 2.12.